The number of hydrogen-bond acceptors (Lipinski definition) is 5. The summed E-state index contributed by atoms with van der Waals surface area (Å²) in [6.45, 7) is 1.50. The molecular formula is C19H21F2N3O5. The van der Waals surface area contributed by atoms with Crippen molar-refractivity contribution in [2.75, 3.05) is 26.7 Å². The lowest BCUT2D eigenvalue weighted by Gasteiger charge is -2.31. The number of nitrogens with zero attached hydrogens (tertiary/aromatic N) is 2. The van der Waals surface area contributed by atoms with Gasteiger partial charge in [-0.15, -0.1) is 0 Å². The summed E-state index contributed by atoms with van der Waals surface area (Å²) in [4.78, 5) is 51.5. The van der Waals surface area contributed by atoms with Gasteiger partial charge in [-0.3, -0.25) is 19.3 Å². The Morgan fingerprint density at radius 2 is 1.86 bits per heavy atom. The smallest absolute Gasteiger partial charge is 0.325 e. The maximum Gasteiger partial charge on any atom is 0.325 e. The Kier molecular flexibility index (Phi) is 5.54. The minimum absolute atomic E-state index is 0.0728. The average Bonchev–Trinajstić information content (AvgIpc) is 2.93. The van der Waals surface area contributed by atoms with Crippen LogP contribution in [0.5, 0.6) is 0 Å². The first-order chi connectivity index (χ1) is 13.7. The molecule has 0 aromatic heterocycles. The largest absolute Gasteiger partial charge is 0.469 e. The van der Waals surface area contributed by atoms with Gasteiger partial charge in [-0.2, -0.15) is 0 Å². The molecular weight excluding hydrogens is 388 g/mol. The molecule has 156 valence electrons. The SMILES string of the molecule is COC(=O)C1CCN(C(=O)CN2C(=O)NC(C)(c3ccc(F)c(F)c3)C2=O)CC1. The summed E-state index contributed by atoms with van der Waals surface area (Å²) >= 11 is 0. The molecule has 1 N–H and O–H groups in total. The Morgan fingerprint density at radius 1 is 1.21 bits per heavy atom. The van der Waals surface area contributed by atoms with Crippen molar-refractivity contribution in [2.24, 2.45) is 5.92 Å². The highest BCUT2D eigenvalue weighted by Crippen LogP contribution is 2.30. The van der Waals surface area contributed by atoms with Crippen LogP contribution in [-0.2, 0) is 24.7 Å². The van der Waals surface area contributed by atoms with Crippen LogP contribution in [-0.4, -0.2) is 60.4 Å². The van der Waals surface area contributed by atoms with E-state index in [4.69, 9.17) is 4.74 Å². The van der Waals surface area contributed by atoms with Crippen LogP contribution in [0.1, 0.15) is 25.3 Å². The van der Waals surface area contributed by atoms with E-state index in [1.165, 1.54) is 25.0 Å². The zero-order valence-corrected chi connectivity index (χ0v) is 16.0. The van der Waals surface area contributed by atoms with E-state index in [0.717, 1.165) is 17.0 Å². The maximum atomic E-state index is 13.6. The fourth-order valence-corrected chi connectivity index (χ4v) is 3.61. The zero-order chi connectivity index (χ0) is 21.3. The van der Waals surface area contributed by atoms with E-state index in [1.54, 1.807) is 0 Å². The standard InChI is InChI=1S/C19H21F2N3O5/c1-19(12-3-4-13(20)14(21)9-12)17(27)24(18(28)22-19)10-15(25)23-7-5-11(6-8-23)16(26)29-2/h3-4,9,11H,5-8,10H2,1-2H3,(H,22,28). The van der Waals surface area contributed by atoms with Crippen molar-refractivity contribution in [3.05, 3.63) is 35.4 Å². The van der Waals surface area contributed by atoms with Gasteiger partial charge in [0, 0.05) is 13.1 Å². The predicted molar refractivity (Wildman–Crippen MR) is 95.3 cm³/mol. The van der Waals surface area contributed by atoms with Crippen LogP contribution >= 0.6 is 0 Å². The summed E-state index contributed by atoms with van der Waals surface area (Å²) in [7, 11) is 1.31. The van der Waals surface area contributed by atoms with Crippen molar-refractivity contribution >= 4 is 23.8 Å². The van der Waals surface area contributed by atoms with Gasteiger partial charge >= 0.3 is 12.0 Å². The molecule has 1 atom stereocenters. The van der Waals surface area contributed by atoms with E-state index in [9.17, 15) is 28.0 Å². The molecule has 2 aliphatic heterocycles. The molecule has 1 aromatic rings. The van der Waals surface area contributed by atoms with Gasteiger partial charge in [0.2, 0.25) is 5.91 Å². The number of ether oxygens (including phenoxy) is 1. The lowest BCUT2D eigenvalue weighted by atomic mass is 9.92. The summed E-state index contributed by atoms with van der Waals surface area (Å²) in [5.41, 5.74) is -1.53. The van der Waals surface area contributed by atoms with Gasteiger partial charge in [0.1, 0.15) is 12.1 Å². The predicted octanol–water partition coefficient (Wildman–Crippen LogP) is 1.14. The van der Waals surface area contributed by atoms with E-state index in [1.807, 2.05) is 0 Å². The summed E-state index contributed by atoms with van der Waals surface area (Å²) in [5.74, 6) is -3.99. The molecule has 2 saturated heterocycles. The normalized spacial score (nSPS) is 22.6. The molecule has 0 radical (unpaired) electrons. The lowest BCUT2D eigenvalue weighted by Crippen LogP contribution is -2.47. The van der Waals surface area contributed by atoms with Gasteiger partial charge in [-0.1, -0.05) is 6.07 Å². The number of nitrogens with one attached hydrogen (secondary N) is 1. The first kappa shape index (κ1) is 20.7. The quantitative estimate of drug-likeness (QED) is 0.594. The fraction of sp³-hybridized carbons (Fsp3) is 0.474. The summed E-state index contributed by atoms with van der Waals surface area (Å²) in [6.07, 6.45) is 0.871. The van der Waals surface area contributed by atoms with Crippen molar-refractivity contribution in [1.82, 2.24) is 15.1 Å². The van der Waals surface area contributed by atoms with E-state index in [2.05, 4.69) is 5.32 Å². The second-order valence-electron chi connectivity index (χ2n) is 7.25. The Balaban J connectivity index is 1.68. The molecule has 3 rings (SSSR count). The minimum atomic E-state index is -1.61. The molecule has 8 nitrogen and oxygen atoms in total. The molecule has 0 spiro atoms. The third kappa shape index (κ3) is 3.79. The molecule has 2 heterocycles. The number of halogens is 2. The number of carbonyl (C=O) groups excluding carboxylic acids is 4. The number of piperidine rings is 1. The molecule has 4 amide bonds. The third-order valence-corrected chi connectivity index (χ3v) is 5.45. The monoisotopic (exact) mass is 409 g/mol. The first-order valence-corrected chi connectivity index (χ1v) is 9.12. The van der Waals surface area contributed by atoms with Crippen molar-refractivity contribution in [2.45, 2.75) is 25.3 Å². The van der Waals surface area contributed by atoms with Crippen molar-refractivity contribution in [1.29, 1.82) is 0 Å². The number of benzene rings is 1. The van der Waals surface area contributed by atoms with Crippen molar-refractivity contribution in [3.63, 3.8) is 0 Å². The number of imide groups is 1. The first-order valence-electron chi connectivity index (χ1n) is 9.12. The van der Waals surface area contributed by atoms with Gasteiger partial charge in [-0.05, 0) is 37.5 Å². The molecule has 0 aliphatic carbocycles. The van der Waals surface area contributed by atoms with Crippen LogP contribution in [0.25, 0.3) is 0 Å². The Bertz CT molecular complexity index is 869. The maximum absolute atomic E-state index is 13.6. The molecule has 29 heavy (non-hydrogen) atoms. The van der Waals surface area contributed by atoms with E-state index < -0.39 is 41.6 Å². The highest BCUT2D eigenvalue weighted by Gasteiger charge is 2.50. The second kappa shape index (κ2) is 7.76. The highest BCUT2D eigenvalue weighted by atomic mass is 19.2. The zero-order valence-electron chi connectivity index (χ0n) is 16.0. The summed E-state index contributed by atoms with van der Waals surface area (Å²) < 4.78 is 31.5. The second-order valence-corrected chi connectivity index (χ2v) is 7.25. The van der Waals surface area contributed by atoms with Crippen LogP contribution in [0.4, 0.5) is 13.6 Å². The topological polar surface area (TPSA) is 96.0 Å². The van der Waals surface area contributed by atoms with Gasteiger partial charge in [0.25, 0.3) is 5.91 Å². The fourth-order valence-electron chi connectivity index (χ4n) is 3.61. The number of urea groups is 1. The Hall–Kier alpha value is -3.04. The molecule has 2 fully saturated rings. The highest BCUT2D eigenvalue weighted by molar-refractivity contribution is 6.09. The van der Waals surface area contributed by atoms with Crippen molar-refractivity contribution < 1.29 is 32.7 Å². The average molecular weight is 409 g/mol. The molecule has 10 heteroatoms. The number of esters is 1. The van der Waals surface area contributed by atoms with E-state index >= 15 is 0 Å². The van der Waals surface area contributed by atoms with Crippen LogP contribution in [0.15, 0.2) is 18.2 Å². The van der Waals surface area contributed by atoms with Crippen LogP contribution in [0.2, 0.25) is 0 Å². The number of hydrogen-bond donors (Lipinski definition) is 1. The number of methoxy groups -OCH3 is 1. The lowest BCUT2D eigenvalue weighted by molar-refractivity contribution is -0.149. The van der Waals surface area contributed by atoms with Gasteiger partial charge in [-0.25, -0.2) is 13.6 Å². The number of amides is 4. The molecule has 2 aliphatic rings. The molecule has 1 unspecified atom stereocenters. The van der Waals surface area contributed by atoms with Gasteiger partial charge in [0.05, 0.1) is 13.0 Å². The summed E-state index contributed by atoms with van der Waals surface area (Å²) in [6, 6.07) is 2.13. The Labute approximate surface area is 165 Å². The van der Waals surface area contributed by atoms with Gasteiger partial charge in [0.15, 0.2) is 11.6 Å². The number of likely N-dealkylation sites (tertiary alicyclic amines) is 1. The molecule has 1 aromatic carbocycles. The molecule has 0 saturated carbocycles. The van der Waals surface area contributed by atoms with E-state index in [-0.39, 0.29) is 17.5 Å². The van der Waals surface area contributed by atoms with Gasteiger partial charge < -0.3 is 15.0 Å². The Morgan fingerprint density at radius 3 is 2.45 bits per heavy atom. The third-order valence-electron chi connectivity index (χ3n) is 5.45. The van der Waals surface area contributed by atoms with Crippen LogP contribution < -0.4 is 5.32 Å². The van der Waals surface area contributed by atoms with E-state index in [0.29, 0.717) is 25.9 Å². The minimum Gasteiger partial charge on any atom is -0.469 e. The summed E-state index contributed by atoms with van der Waals surface area (Å²) in [5, 5.41) is 2.45. The van der Waals surface area contributed by atoms with Crippen LogP contribution in [0.3, 0.4) is 0 Å². The molecule has 0 bridgehead atoms. The number of rotatable bonds is 4. The van der Waals surface area contributed by atoms with Crippen molar-refractivity contribution in [3.8, 4) is 0 Å². The van der Waals surface area contributed by atoms with Crippen LogP contribution in [0, 0.1) is 17.6 Å². The number of carbonyl (C=O) groups is 4.